The molecule has 1 heterocycles. The largest absolute Gasteiger partial charge is 0.377 e. The molecule has 4 heteroatoms. The van der Waals surface area contributed by atoms with Crippen molar-refractivity contribution in [2.75, 3.05) is 5.32 Å². The van der Waals surface area contributed by atoms with Crippen LogP contribution in [0.25, 0.3) is 10.8 Å². The van der Waals surface area contributed by atoms with E-state index in [1.165, 1.54) is 0 Å². The van der Waals surface area contributed by atoms with Crippen LogP contribution in [0.2, 0.25) is 10.0 Å². The minimum atomic E-state index is -0.138. The van der Waals surface area contributed by atoms with Gasteiger partial charge in [-0.1, -0.05) is 59.6 Å². The average molecular weight is 342 g/mol. The summed E-state index contributed by atoms with van der Waals surface area (Å²) in [7, 11) is 0. The summed E-state index contributed by atoms with van der Waals surface area (Å²) in [6, 6.07) is 17.2. The first-order valence-electron chi connectivity index (χ1n) is 7.40. The number of hydrogen-bond acceptors (Lipinski definition) is 2. The van der Waals surface area contributed by atoms with Crippen molar-refractivity contribution in [3.63, 3.8) is 0 Å². The van der Waals surface area contributed by atoms with Crippen molar-refractivity contribution in [3.05, 3.63) is 75.8 Å². The minimum absolute atomic E-state index is 0.131. The number of anilines is 1. The summed E-state index contributed by atoms with van der Waals surface area (Å²) in [4.78, 5) is 12.8. The fourth-order valence-corrected chi connectivity index (χ4v) is 3.73. The first kappa shape index (κ1) is 14.6. The molecule has 0 aromatic heterocycles. The molecule has 3 aromatic rings. The maximum atomic E-state index is 12.8. The van der Waals surface area contributed by atoms with E-state index < -0.39 is 0 Å². The Kier molecular flexibility index (Phi) is 3.51. The van der Waals surface area contributed by atoms with E-state index in [9.17, 15) is 4.79 Å². The molecule has 3 aromatic carbocycles. The fourth-order valence-electron chi connectivity index (χ4n) is 3.19. The SMILES string of the molecule is O=C1C[C@H](c2ccc(Cl)cc2Cl)Nc2ccc3ccccc3c21. The number of benzene rings is 3. The molecule has 0 fully saturated rings. The third-order valence-corrected chi connectivity index (χ3v) is 4.83. The summed E-state index contributed by atoms with van der Waals surface area (Å²) >= 11 is 12.3. The number of rotatable bonds is 1. The van der Waals surface area contributed by atoms with Crippen molar-refractivity contribution >= 4 is 45.4 Å². The van der Waals surface area contributed by atoms with Crippen molar-refractivity contribution in [2.24, 2.45) is 0 Å². The van der Waals surface area contributed by atoms with Gasteiger partial charge in [-0.2, -0.15) is 0 Å². The highest BCUT2D eigenvalue weighted by molar-refractivity contribution is 6.35. The van der Waals surface area contributed by atoms with Crippen molar-refractivity contribution in [1.82, 2.24) is 0 Å². The summed E-state index contributed by atoms with van der Waals surface area (Å²) in [5.74, 6) is 0.131. The van der Waals surface area contributed by atoms with E-state index in [0.29, 0.717) is 16.5 Å². The van der Waals surface area contributed by atoms with Gasteiger partial charge in [0.1, 0.15) is 0 Å². The molecule has 1 atom stereocenters. The van der Waals surface area contributed by atoms with E-state index >= 15 is 0 Å². The molecular weight excluding hydrogens is 329 g/mol. The molecule has 1 aliphatic heterocycles. The highest BCUT2D eigenvalue weighted by Crippen LogP contribution is 2.39. The summed E-state index contributed by atoms with van der Waals surface area (Å²) in [5, 5.41) is 6.68. The van der Waals surface area contributed by atoms with Gasteiger partial charge in [0.2, 0.25) is 0 Å². The van der Waals surface area contributed by atoms with Crippen LogP contribution in [-0.4, -0.2) is 5.78 Å². The maximum absolute atomic E-state index is 12.8. The second-order valence-electron chi connectivity index (χ2n) is 5.70. The lowest BCUT2D eigenvalue weighted by Gasteiger charge is -2.28. The van der Waals surface area contributed by atoms with Gasteiger partial charge in [-0.3, -0.25) is 4.79 Å². The molecule has 0 saturated carbocycles. The van der Waals surface area contributed by atoms with Gasteiger partial charge in [0.15, 0.2) is 5.78 Å². The Bertz CT molecular complexity index is 936. The molecule has 0 aliphatic carbocycles. The number of hydrogen-bond donors (Lipinski definition) is 1. The monoisotopic (exact) mass is 341 g/mol. The quantitative estimate of drug-likeness (QED) is 0.598. The third kappa shape index (κ3) is 2.48. The second-order valence-corrected chi connectivity index (χ2v) is 6.54. The van der Waals surface area contributed by atoms with Gasteiger partial charge in [-0.15, -0.1) is 0 Å². The first-order valence-corrected chi connectivity index (χ1v) is 8.15. The lowest BCUT2D eigenvalue weighted by molar-refractivity contribution is 0.0974. The van der Waals surface area contributed by atoms with Crippen molar-refractivity contribution in [1.29, 1.82) is 0 Å². The predicted molar refractivity (Wildman–Crippen MR) is 95.7 cm³/mol. The molecule has 0 amide bonds. The minimum Gasteiger partial charge on any atom is -0.377 e. The number of carbonyl (C=O) groups is 1. The zero-order chi connectivity index (χ0) is 16.0. The fraction of sp³-hybridized carbons (Fsp3) is 0.105. The Morgan fingerprint density at radius 2 is 1.83 bits per heavy atom. The smallest absolute Gasteiger partial charge is 0.167 e. The van der Waals surface area contributed by atoms with Crippen LogP contribution in [0.1, 0.15) is 28.4 Å². The topological polar surface area (TPSA) is 29.1 Å². The summed E-state index contributed by atoms with van der Waals surface area (Å²) in [6.07, 6.45) is 0.377. The average Bonchev–Trinajstić information content (AvgIpc) is 2.54. The van der Waals surface area contributed by atoms with Crippen molar-refractivity contribution in [2.45, 2.75) is 12.5 Å². The van der Waals surface area contributed by atoms with E-state index in [0.717, 1.165) is 27.6 Å². The number of nitrogens with one attached hydrogen (secondary N) is 1. The molecule has 114 valence electrons. The molecule has 1 aliphatic rings. The van der Waals surface area contributed by atoms with Crippen LogP contribution in [0.4, 0.5) is 5.69 Å². The highest BCUT2D eigenvalue weighted by Gasteiger charge is 2.28. The van der Waals surface area contributed by atoms with Gasteiger partial charge in [0.25, 0.3) is 0 Å². The number of carbonyl (C=O) groups excluding carboxylic acids is 1. The van der Waals surface area contributed by atoms with E-state index in [4.69, 9.17) is 23.2 Å². The third-order valence-electron chi connectivity index (χ3n) is 4.27. The number of halogens is 2. The lowest BCUT2D eigenvalue weighted by atomic mass is 9.89. The van der Waals surface area contributed by atoms with Crippen LogP contribution >= 0.6 is 23.2 Å². The zero-order valence-corrected chi connectivity index (χ0v) is 13.7. The Hall–Kier alpha value is -2.03. The molecule has 0 unspecified atom stereocenters. The normalized spacial score (nSPS) is 17.0. The molecule has 0 saturated heterocycles. The summed E-state index contributed by atoms with van der Waals surface area (Å²) in [5.41, 5.74) is 2.52. The molecule has 23 heavy (non-hydrogen) atoms. The molecule has 2 nitrogen and oxygen atoms in total. The highest BCUT2D eigenvalue weighted by atomic mass is 35.5. The Balaban J connectivity index is 1.81. The maximum Gasteiger partial charge on any atom is 0.167 e. The van der Waals surface area contributed by atoms with Gasteiger partial charge in [0.05, 0.1) is 6.04 Å². The van der Waals surface area contributed by atoms with E-state index in [1.54, 1.807) is 12.1 Å². The first-order chi connectivity index (χ1) is 11.1. The van der Waals surface area contributed by atoms with Gasteiger partial charge < -0.3 is 5.32 Å². The van der Waals surface area contributed by atoms with E-state index in [1.807, 2.05) is 42.5 Å². The van der Waals surface area contributed by atoms with Crippen LogP contribution in [-0.2, 0) is 0 Å². The second kappa shape index (κ2) is 5.55. The lowest BCUT2D eigenvalue weighted by Crippen LogP contribution is -2.23. The molecule has 1 N–H and O–H groups in total. The van der Waals surface area contributed by atoms with Crippen molar-refractivity contribution in [3.8, 4) is 0 Å². The number of Topliss-reactive ketones (excluding diaryl/α,β-unsaturated/α-hetero) is 1. The molecule has 0 radical (unpaired) electrons. The van der Waals surface area contributed by atoms with Crippen LogP contribution in [0, 0.1) is 0 Å². The van der Waals surface area contributed by atoms with E-state index in [2.05, 4.69) is 5.32 Å². The molecule has 0 spiro atoms. The Labute approximate surface area is 144 Å². The van der Waals surface area contributed by atoms with Gasteiger partial charge >= 0.3 is 0 Å². The van der Waals surface area contributed by atoms with Crippen LogP contribution in [0.15, 0.2) is 54.6 Å². The Morgan fingerprint density at radius 1 is 1.00 bits per heavy atom. The summed E-state index contributed by atoms with van der Waals surface area (Å²) in [6.45, 7) is 0. The molecule has 0 bridgehead atoms. The van der Waals surface area contributed by atoms with Crippen LogP contribution in [0.5, 0.6) is 0 Å². The van der Waals surface area contributed by atoms with Crippen molar-refractivity contribution < 1.29 is 4.79 Å². The molecule has 4 rings (SSSR count). The van der Waals surface area contributed by atoms with Gasteiger partial charge in [-0.25, -0.2) is 0 Å². The van der Waals surface area contributed by atoms with Crippen LogP contribution < -0.4 is 5.32 Å². The predicted octanol–water partition coefficient (Wildman–Crippen LogP) is 5.89. The van der Waals surface area contributed by atoms with Gasteiger partial charge in [-0.05, 0) is 34.5 Å². The zero-order valence-electron chi connectivity index (χ0n) is 12.1. The van der Waals surface area contributed by atoms with Gasteiger partial charge in [0, 0.05) is 27.7 Å². The number of ketones is 1. The van der Waals surface area contributed by atoms with Crippen LogP contribution in [0.3, 0.4) is 0 Å². The summed E-state index contributed by atoms with van der Waals surface area (Å²) < 4.78 is 0. The standard InChI is InChI=1S/C19H13Cl2NO/c20-12-6-7-14(15(21)9-12)17-10-18(23)19-13-4-2-1-3-11(13)5-8-16(19)22-17/h1-9,17,22H,10H2/t17-/m1/s1. The Morgan fingerprint density at radius 3 is 2.65 bits per heavy atom. The molecular formula is C19H13Cl2NO. The van der Waals surface area contributed by atoms with E-state index in [-0.39, 0.29) is 11.8 Å². The number of fused-ring (bicyclic) bond motifs is 3.